The summed E-state index contributed by atoms with van der Waals surface area (Å²) in [6.45, 7) is 2.93. The first kappa shape index (κ1) is 14.0. The summed E-state index contributed by atoms with van der Waals surface area (Å²) in [6.07, 6.45) is 3.01. The molecule has 1 saturated heterocycles. The number of H-pyrrole nitrogens is 1. The van der Waals surface area contributed by atoms with Crippen molar-refractivity contribution < 1.29 is 17.9 Å². The summed E-state index contributed by atoms with van der Waals surface area (Å²) in [5, 5.41) is 5.85. The third-order valence-electron chi connectivity index (χ3n) is 3.23. The Balaban J connectivity index is 2.34. The summed E-state index contributed by atoms with van der Waals surface area (Å²) < 4.78 is 30.9. The Labute approximate surface area is 112 Å². The number of nitrogens with one attached hydrogen (secondary N) is 1. The Morgan fingerprint density at radius 3 is 2.95 bits per heavy atom. The highest BCUT2D eigenvalue weighted by Gasteiger charge is 2.33. The number of aromatic amines is 1. The second-order valence-corrected chi connectivity index (χ2v) is 6.59. The molecule has 19 heavy (non-hydrogen) atoms. The molecule has 1 aliphatic heterocycles. The van der Waals surface area contributed by atoms with Crippen LogP contribution in [0.25, 0.3) is 0 Å². The zero-order valence-electron chi connectivity index (χ0n) is 10.9. The molecule has 2 heterocycles. The van der Waals surface area contributed by atoms with E-state index in [-0.39, 0.29) is 10.6 Å². The standard InChI is InChI=1S/C11H17N3O4S/c1-8-4-3-5-14(7-8)19(16,17)10-9(6-12-13-10)11(15)18-2/h6,8H,3-5,7H2,1-2H3,(H,12,13). The van der Waals surface area contributed by atoms with E-state index in [1.165, 1.54) is 17.6 Å². The molecule has 1 aliphatic rings. The molecule has 1 aromatic heterocycles. The lowest BCUT2D eigenvalue weighted by molar-refractivity contribution is 0.0596. The molecule has 106 valence electrons. The number of hydrogen-bond donors (Lipinski definition) is 1. The molecule has 0 radical (unpaired) electrons. The van der Waals surface area contributed by atoms with Crippen LogP contribution in [-0.4, -0.2) is 49.1 Å². The van der Waals surface area contributed by atoms with Gasteiger partial charge in [-0.1, -0.05) is 6.92 Å². The topological polar surface area (TPSA) is 92.4 Å². The minimum absolute atomic E-state index is 0.0549. The first-order valence-electron chi connectivity index (χ1n) is 6.08. The Morgan fingerprint density at radius 1 is 1.58 bits per heavy atom. The van der Waals surface area contributed by atoms with E-state index in [2.05, 4.69) is 14.9 Å². The number of esters is 1. The maximum absolute atomic E-state index is 12.5. The first-order chi connectivity index (χ1) is 8.96. The van der Waals surface area contributed by atoms with E-state index >= 15 is 0 Å². The first-order valence-corrected chi connectivity index (χ1v) is 7.52. The second-order valence-electron chi connectivity index (χ2n) is 4.71. The number of aromatic nitrogens is 2. The third kappa shape index (κ3) is 2.64. The van der Waals surface area contributed by atoms with Crippen molar-refractivity contribution in [1.82, 2.24) is 14.5 Å². The predicted octanol–water partition coefficient (Wildman–Crippen LogP) is 0.617. The summed E-state index contributed by atoms with van der Waals surface area (Å²) in [6, 6.07) is 0. The SMILES string of the molecule is COC(=O)c1cn[nH]c1S(=O)(=O)N1CCCC(C)C1. The number of carbonyl (C=O) groups excluding carboxylic acids is 1. The molecule has 0 aromatic carbocycles. The lowest BCUT2D eigenvalue weighted by Crippen LogP contribution is -2.39. The summed E-state index contributed by atoms with van der Waals surface area (Å²) in [5.41, 5.74) is -0.0549. The van der Waals surface area contributed by atoms with Crippen LogP contribution in [0.3, 0.4) is 0 Å². The van der Waals surface area contributed by atoms with Crippen molar-refractivity contribution in [1.29, 1.82) is 0 Å². The average molecular weight is 287 g/mol. The number of carbonyl (C=O) groups is 1. The zero-order chi connectivity index (χ0) is 14.0. The van der Waals surface area contributed by atoms with Gasteiger partial charge in [-0.3, -0.25) is 5.10 Å². The van der Waals surface area contributed by atoms with E-state index < -0.39 is 16.0 Å². The molecule has 1 atom stereocenters. The fourth-order valence-electron chi connectivity index (χ4n) is 2.22. The minimum atomic E-state index is -3.72. The lowest BCUT2D eigenvalue weighted by Gasteiger charge is -2.29. The largest absolute Gasteiger partial charge is 0.465 e. The molecular weight excluding hydrogens is 270 g/mol. The van der Waals surface area contributed by atoms with Gasteiger partial charge in [-0.25, -0.2) is 13.2 Å². The molecule has 8 heteroatoms. The smallest absolute Gasteiger partial charge is 0.342 e. The van der Waals surface area contributed by atoms with Crippen LogP contribution in [0.4, 0.5) is 0 Å². The fourth-order valence-corrected chi connectivity index (χ4v) is 3.88. The maximum Gasteiger partial charge on any atom is 0.342 e. The van der Waals surface area contributed by atoms with Crippen LogP contribution in [0.1, 0.15) is 30.1 Å². The Bertz CT molecular complexity index is 566. The van der Waals surface area contributed by atoms with Crippen LogP contribution in [0.5, 0.6) is 0 Å². The fraction of sp³-hybridized carbons (Fsp3) is 0.636. The summed E-state index contributed by atoms with van der Waals surface area (Å²) in [5.74, 6) is -0.398. The molecule has 2 rings (SSSR count). The van der Waals surface area contributed by atoms with Gasteiger partial charge in [0.15, 0.2) is 5.03 Å². The highest BCUT2D eigenvalue weighted by Crippen LogP contribution is 2.24. The second kappa shape index (κ2) is 5.30. The van der Waals surface area contributed by atoms with Crippen LogP contribution >= 0.6 is 0 Å². The van der Waals surface area contributed by atoms with Gasteiger partial charge in [0.2, 0.25) is 0 Å². The van der Waals surface area contributed by atoms with Gasteiger partial charge in [-0.05, 0) is 18.8 Å². The Morgan fingerprint density at radius 2 is 2.32 bits per heavy atom. The van der Waals surface area contributed by atoms with E-state index in [1.807, 2.05) is 6.92 Å². The number of ether oxygens (including phenoxy) is 1. The quantitative estimate of drug-likeness (QED) is 0.823. The number of sulfonamides is 1. The van der Waals surface area contributed by atoms with Crippen LogP contribution in [0.15, 0.2) is 11.2 Å². The highest BCUT2D eigenvalue weighted by atomic mass is 32.2. The number of nitrogens with zero attached hydrogens (tertiary/aromatic N) is 2. The van der Waals surface area contributed by atoms with Crippen molar-refractivity contribution in [3.05, 3.63) is 11.8 Å². The van der Waals surface area contributed by atoms with E-state index in [9.17, 15) is 13.2 Å². The van der Waals surface area contributed by atoms with Gasteiger partial charge in [0.25, 0.3) is 10.0 Å². The van der Waals surface area contributed by atoms with Gasteiger partial charge in [-0.15, -0.1) is 0 Å². The van der Waals surface area contributed by atoms with Crippen molar-refractivity contribution in [2.45, 2.75) is 24.8 Å². The van der Waals surface area contributed by atoms with Crippen molar-refractivity contribution in [2.24, 2.45) is 5.92 Å². The Hall–Kier alpha value is -1.41. The van der Waals surface area contributed by atoms with Gasteiger partial charge in [-0.2, -0.15) is 9.40 Å². The van der Waals surface area contributed by atoms with Crippen molar-refractivity contribution in [3.63, 3.8) is 0 Å². The number of piperidine rings is 1. The minimum Gasteiger partial charge on any atom is -0.465 e. The van der Waals surface area contributed by atoms with E-state index in [0.29, 0.717) is 19.0 Å². The van der Waals surface area contributed by atoms with Gasteiger partial charge >= 0.3 is 5.97 Å². The van der Waals surface area contributed by atoms with Crippen LogP contribution in [0, 0.1) is 5.92 Å². The lowest BCUT2D eigenvalue weighted by atomic mass is 10.0. The summed E-state index contributed by atoms with van der Waals surface area (Å²) in [7, 11) is -2.52. The van der Waals surface area contributed by atoms with Gasteiger partial charge < -0.3 is 4.74 Å². The molecule has 0 aliphatic carbocycles. The van der Waals surface area contributed by atoms with Gasteiger partial charge in [0.1, 0.15) is 5.56 Å². The normalized spacial score (nSPS) is 21.3. The maximum atomic E-state index is 12.5. The average Bonchev–Trinajstić information content (AvgIpc) is 2.87. The molecule has 1 N–H and O–H groups in total. The number of rotatable bonds is 3. The van der Waals surface area contributed by atoms with Crippen LogP contribution < -0.4 is 0 Å². The highest BCUT2D eigenvalue weighted by molar-refractivity contribution is 7.89. The molecule has 7 nitrogen and oxygen atoms in total. The zero-order valence-corrected chi connectivity index (χ0v) is 11.7. The predicted molar refractivity (Wildman–Crippen MR) is 67.1 cm³/mol. The molecule has 0 saturated carbocycles. The molecule has 1 fully saturated rings. The van der Waals surface area contributed by atoms with Crippen LogP contribution in [-0.2, 0) is 14.8 Å². The van der Waals surface area contributed by atoms with Gasteiger partial charge in [0, 0.05) is 13.1 Å². The van der Waals surface area contributed by atoms with Crippen LogP contribution in [0.2, 0.25) is 0 Å². The van der Waals surface area contributed by atoms with Crippen molar-refractivity contribution >= 4 is 16.0 Å². The molecule has 1 unspecified atom stereocenters. The Kier molecular flexibility index (Phi) is 3.91. The van der Waals surface area contributed by atoms with E-state index in [0.717, 1.165) is 12.8 Å². The molecule has 0 bridgehead atoms. The number of hydrogen-bond acceptors (Lipinski definition) is 5. The summed E-state index contributed by atoms with van der Waals surface area (Å²) in [4.78, 5) is 11.5. The number of methoxy groups -OCH3 is 1. The van der Waals surface area contributed by atoms with Gasteiger partial charge in [0.05, 0.1) is 13.3 Å². The molecule has 0 amide bonds. The third-order valence-corrected chi connectivity index (χ3v) is 5.07. The summed E-state index contributed by atoms with van der Waals surface area (Å²) >= 11 is 0. The van der Waals surface area contributed by atoms with E-state index in [1.54, 1.807) is 0 Å². The molecule has 1 aromatic rings. The van der Waals surface area contributed by atoms with Crippen molar-refractivity contribution in [3.8, 4) is 0 Å². The monoisotopic (exact) mass is 287 g/mol. The molecule has 0 spiro atoms. The molecular formula is C11H17N3O4S. The van der Waals surface area contributed by atoms with Crippen molar-refractivity contribution in [2.75, 3.05) is 20.2 Å². The van der Waals surface area contributed by atoms with E-state index in [4.69, 9.17) is 0 Å².